The molecule has 1 aliphatic rings. The van der Waals surface area contributed by atoms with Crippen molar-refractivity contribution < 1.29 is 19.1 Å². The van der Waals surface area contributed by atoms with E-state index in [2.05, 4.69) is 15.5 Å². The van der Waals surface area contributed by atoms with E-state index >= 15 is 0 Å². The zero-order chi connectivity index (χ0) is 21.9. The minimum absolute atomic E-state index is 0.0120. The van der Waals surface area contributed by atoms with Crippen LogP contribution in [-0.4, -0.2) is 56.1 Å². The zero-order valence-electron chi connectivity index (χ0n) is 18.0. The van der Waals surface area contributed by atoms with Gasteiger partial charge in [-0.2, -0.15) is 0 Å². The molecule has 7 heteroatoms. The molecule has 0 spiro atoms. The van der Waals surface area contributed by atoms with Gasteiger partial charge in [0.2, 0.25) is 11.8 Å². The molecule has 0 radical (unpaired) electrons. The number of nitrogens with one attached hydrogen (secondary N) is 2. The molecule has 1 aliphatic heterocycles. The number of anilines is 1. The number of para-hydroxylation sites is 1. The van der Waals surface area contributed by atoms with Gasteiger partial charge in [0.15, 0.2) is 0 Å². The molecule has 2 amide bonds. The van der Waals surface area contributed by atoms with E-state index in [0.717, 1.165) is 43.1 Å². The smallest absolute Gasteiger partial charge is 0.234 e. The number of hydrogen-bond acceptors (Lipinski definition) is 5. The van der Waals surface area contributed by atoms with Crippen LogP contribution in [0.2, 0.25) is 0 Å². The second kappa shape index (κ2) is 12.0. The molecule has 3 rings (SSSR count). The fraction of sp³-hybridized carbons (Fsp3) is 0.417. The molecular formula is C24H31N3O4. The van der Waals surface area contributed by atoms with Crippen LogP contribution >= 0.6 is 0 Å². The van der Waals surface area contributed by atoms with Crippen molar-refractivity contribution in [3.63, 3.8) is 0 Å². The van der Waals surface area contributed by atoms with Crippen molar-refractivity contribution >= 4 is 17.5 Å². The number of piperidine rings is 1. The van der Waals surface area contributed by atoms with Crippen molar-refractivity contribution in [1.82, 2.24) is 10.2 Å². The molecule has 1 fully saturated rings. The summed E-state index contributed by atoms with van der Waals surface area (Å²) in [6, 6.07) is 16.9. The van der Waals surface area contributed by atoms with Crippen LogP contribution in [0.1, 0.15) is 19.8 Å². The van der Waals surface area contributed by atoms with Crippen LogP contribution in [0.5, 0.6) is 11.5 Å². The summed E-state index contributed by atoms with van der Waals surface area (Å²) in [6.07, 6.45) is 1.51. The standard InChI is InChI=1S/C24H31N3O4/c1-2-30-21-8-10-22(11-9-21)31-17-14-25-23(28)18-27-15-12-19(13-16-27)24(29)26-20-6-4-3-5-7-20/h3-11,19H,2,12-18H2,1H3,(H,25,28)(H,26,29). The van der Waals surface area contributed by atoms with E-state index in [4.69, 9.17) is 9.47 Å². The Labute approximate surface area is 183 Å². The second-order valence-electron chi connectivity index (χ2n) is 7.51. The quantitative estimate of drug-likeness (QED) is 0.572. The van der Waals surface area contributed by atoms with Gasteiger partial charge in [0.1, 0.15) is 18.1 Å². The van der Waals surface area contributed by atoms with E-state index in [1.54, 1.807) is 0 Å². The van der Waals surface area contributed by atoms with Crippen LogP contribution in [0.3, 0.4) is 0 Å². The van der Waals surface area contributed by atoms with Crippen LogP contribution in [-0.2, 0) is 9.59 Å². The maximum Gasteiger partial charge on any atom is 0.234 e. The molecule has 2 aromatic rings. The Morgan fingerprint density at radius 3 is 2.26 bits per heavy atom. The normalized spacial score (nSPS) is 14.6. The van der Waals surface area contributed by atoms with Crippen molar-refractivity contribution in [3.8, 4) is 11.5 Å². The molecule has 0 atom stereocenters. The van der Waals surface area contributed by atoms with Gasteiger partial charge < -0.3 is 20.1 Å². The molecule has 1 heterocycles. The van der Waals surface area contributed by atoms with Crippen LogP contribution in [0.15, 0.2) is 54.6 Å². The molecule has 7 nitrogen and oxygen atoms in total. The predicted molar refractivity (Wildman–Crippen MR) is 120 cm³/mol. The van der Waals surface area contributed by atoms with E-state index in [0.29, 0.717) is 26.3 Å². The summed E-state index contributed by atoms with van der Waals surface area (Å²) < 4.78 is 11.0. The summed E-state index contributed by atoms with van der Waals surface area (Å²) in [5, 5.41) is 5.86. The van der Waals surface area contributed by atoms with Crippen molar-refractivity contribution in [2.24, 2.45) is 5.92 Å². The maximum absolute atomic E-state index is 12.4. The van der Waals surface area contributed by atoms with E-state index < -0.39 is 0 Å². The molecule has 31 heavy (non-hydrogen) atoms. The molecule has 0 aromatic heterocycles. The molecule has 0 aliphatic carbocycles. The van der Waals surface area contributed by atoms with Gasteiger partial charge in [-0.3, -0.25) is 14.5 Å². The minimum Gasteiger partial charge on any atom is -0.494 e. The molecule has 2 aromatic carbocycles. The number of carbonyl (C=O) groups excluding carboxylic acids is 2. The molecular weight excluding hydrogens is 394 g/mol. The summed E-state index contributed by atoms with van der Waals surface area (Å²) >= 11 is 0. The zero-order valence-corrected chi connectivity index (χ0v) is 18.0. The topological polar surface area (TPSA) is 79.9 Å². The molecule has 1 saturated heterocycles. The average molecular weight is 426 g/mol. The highest BCUT2D eigenvalue weighted by Gasteiger charge is 2.25. The number of ether oxygens (including phenoxy) is 2. The summed E-state index contributed by atoms with van der Waals surface area (Å²) in [7, 11) is 0. The lowest BCUT2D eigenvalue weighted by molar-refractivity contribution is -0.123. The highest BCUT2D eigenvalue weighted by molar-refractivity contribution is 5.92. The van der Waals surface area contributed by atoms with Gasteiger partial charge >= 0.3 is 0 Å². The molecule has 0 bridgehead atoms. The lowest BCUT2D eigenvalue weighted by Crippen LogP contribution is -2.44. The highest BCUT2D eigenvalue weighted by atomic mass is 16.5. The third-order valence-electron chi connectivity index (χ3n) is 5.19. The van der Waals surface area contributed by atoms with Crippen molar-refractivity contribution in [2.75, 3.05) is 44.7 Å². The Bertz CT molecular complexity index is 818. The van der Waals surface area contributed by atoms with Crippen molar-refractivity contribution in [2.45, 2.75) is 19.8 Å². The van der Waals surface area contributed by atoms with Crippen LogP contribution in [0.4, 0.5) is 5.69 Å². The van der Waals surface area contributed by atoms with E-state index in [-0.39, 0.29) is 17.7 Å². The minimum atomic E-state index is -0.0255. The summed E-state index contributed by atoms with van der Waals surface area (Å²) in [5.41, 5.74) is 0.821. The number of nitrogens with zero attached hydrogens (tertiary/aromatic N) is 1. The predicted octanol–water partition coefficient (Wildman–Crippen LogP) is 2.93. The molecule has 0 saturated carbocycles. The van der Waals surface area contributed by atoms with Gasteiger partial charge in [-0.25, -0.2) is 0 Å². The summed E-state index contributed by atoms with van der Waals surface area (Å²) in [4.78, 5) is 26.7. The summed E-state index contributed by atoms with van der Waals surface area (Å²) in [6.45, 7) is 5.24. The highest BCUT2D eigenvalue weighted by Crippen LogP contribution is 2.19. The third kappa shape index (κ3) is 7.61. The Hall–Kier alpha value is -3.06. The second-order valence-corrected chi connectivity index (χ2v) is 7.51. The lowest BCUT2D eigenvalue weighted by Gasteiger charge is -2.30. The van der Waals surface area contributed by atoms with Gasteiger partial charge in [-0.1, -0.05) is 18.2 Å². The third-order valence-corrected chi connectivity index (χ3v) is 5.19. The van der Waals surface area contributed by atoms with E-state index in [9.17, 15) is 9.59 Å². The van der Waals surface area contributed by atoms with Crippen LogP contribution in [0.25, 0.3) is 0 Å². The van der Waals surface area contributed by atoms with E-state index in [1.165, 1.54) is 0 Å². The van der Waals surface area contributed by atoms with Gasteiger partial charge in [0.05, 0.1) is 19.7 Å². The number of likely N-dealkylation sites (tertiary alicyclic amines) is 1. The summed E-state index contributed by atoms with van der Waals surface area (Å²) in [5.74, 6) is 1.57. The number of amides is 2. The Morgan fingerprint density at radius 2 is 1.61 bits per heavy atom. The van der Waals surface area contributed by atoms with Crippen LogP contribution in [0, 0.1) is 5.92 Å². The van der Waals surface area contributed by atoms with Crippen LogP contribution < -0.4 is 20.1 Å². The largest absolute Gasteiger partial charge is 0.494 e. The average Bonchev–Trinajstić information content (AvgIpc) is 2.79. The van der Waals surface area contributed by atoms with Gasteiger partial charge in [-0.05, 0) is 69.3 Å². The maximum atomic E-state index is 12.4. The number of rotatable bonds is 10. The first-order valence-corrected chi connectivity index (χ1v) is 10.8. The van der Waals surface area contributed by atoms with Crippen molar-refractivity contribution in [1.29, 1.82) is 0 Å². The van der Waals surface area contributed by atoms with E-state index in [1.807, 2.05) is 61.5 Å². The first kappa shape index (κ1) is 22.6. The Morgan fingerprint density at radius 1 is 0.968 bits per heavy atom. The Balaban J connectivity index is 1.28. The lowest BCUT2D eigenvalue weighted by atomic mass is 9.96. The number of benzene rings is 2. The fourth-order valence-electron chi connectivity index (χ4n) is 3.54. The number of carbonyl (C=O) groups is 2. The van der Waals surface area contributed by atoms with Gasteiger partial charge in [0, 0.05) is 11.6 Å². The molecule has 2 N–H and O–H groups in total. The molecule has 0 unspecified atom stereocenters. The van der Waals surface area contributed by atoms with Crippen molar-refractivity contribution in [3.05, 3.63) is 54.6 Å². The number of hydrogen-bond donors (Lipinski definition) is 2. The monoisotopic (exact) mass is 425 g/mol. The van der Waals surface area contributed by atoms with Gasteiger partial charge in [0.25, 0.3) is 0 Å². The Kier molecular flexibility index (Phi) is 8.72. The fourth-order valence-corrected chi connectivity index (χ4v) is 3.54. The molecule has 166 valence electrons. The van der Waals surface area contributed by atoms with Gasteiger partial charge in [-0.15, -0.1) is 0 Å². The SMILES string of the molecule is CCOc1ccc(OCCNC(=O)CN2CCC(C(=O)Nc3ccccc3)CC2)cc1. The first-order chi connectivity index (χ1) is 15.1. The first-order valence-electron chi connectivity index (χ1n) is 10.8.